The number of hydrogen-bond acceptors (Lipinski definition) is 4. The van der Waals surface area contributed by atoms with Gasteiger partial charge in [0.05, 0.1) is 12.6 Å². The highest BCUT2D eigenvalue weighted by atomic mass is 32.1. The molecule has 0 aliphatic heterocycles. The summed E-state index contributed by atoms with van der Waals surface area (Å²) in [7, 11) is 1.62. The average Bonchev–Trinajstić information content (AvgIpc) is 2.76. The summed E-state index contributed by atoms with van der Waals surface area (Å²) in [4.78, 5) is 11.9. The third-order valence-corrected chi connectivity index (χ3v) is 5.17. The van der Waals surface area contributed by atoms with Crippen molar-refractivity contribution in [2.24, 2.45) is 0 Å². The molecule has 5 heteroatoms. The van der Waals surface area contributed by atoms with Gasteiger partial charge in [0.25, 0.3) is 0 Å². The van der Waals surface area contributed by atoms with E-state index in [2.05, 4.69) is 17.9 Å². The second-order valence-electron chi connectivity index (χ2n) is 6.43. The van der Waals surface area contributed by atoms with E-state index >= 15 is 0 Å². The van der Waals surface area contributed by atoms with Crippen LogP contribution in [0, 0.1) is 0 Å². The maximum atomic E-state index is 11.9. The average molecular weight is 394 g/mol. The Morgan fingerprint density at radius 2 is 1.39 bits per heavy atom. The molecule has 28 heavy (non-hydrogen) atoms. The highest BCUT2D eigenvalue weighted by molar-refractivity contribution is 7.80. The number of hydrogen-bond donors (Lipinski definition) is 3. The van der Waals surface area contributed by atoms with Gasteiger partial charge in [-0.25, -0.2) is 0 Å². The monoisotopic (exact) mass is 393 g/mol. The molecule has 3 aromatic rings. The summed E-state index contributed by atoms with van der Waals surface area (Å²) in [5.74, 6) is -0.0464. The van der Waals surface area contributed by atoms with E-state index in [4.69, 9.17) is 4.74 Å². The Hall–Kier alpha value is -2.76. The molecule has 0 fully saturated rings. The zero-order chi connectivity index (χ0) is 20.0. The normalized spacial score (nSPS) is 12.4. The zero-order valence-electron chi connectivity index (χ0n) is 15.6. The minimum absolute atomic E-state index is 0.160. The number of rotatable bonds is 8. The first-order valence-electron chi connectivity index (χ1n) is 8.98. The molecule has 0 saturated heterocycles. The van der Waals surface area contributed by atoms with Crippen molar-refractivity contribution in [2.45, 2.75) is 11.6 Å². The first kappa shape index (κ1) is 20.0. The zero-order valence-corrected chi connectivity index (χ0v) is 16.5. The number of carbonyl (C=O) groups is 1. The van der Waals surface area contributed by atoms with Gasteiger partial charge in [-0.2, -0.15) is 12.6 Å². The molecule has 0 bridgehead atoms. The molecular weight excluding hydrogens is 370 g/mol. The number of carboxylic acids is 1. The van der Waals surface area contributed by atoms with Gasteiger partial charge in [-0.15, -0.1) is 0 Å². The fourth-order valence-electron chi connectivity index (χ4n) is 3.41. The minimum atomic E-state index is -0.945. The molecule has 3 rings (SSSR count). The van der Waals surface area contributed by atoms with Crippen molar-refractivity contribution in [3.63, 3.8) is 0 Å². The van der Waals surface area contributed by atoms with E-state index in [-0.39, 0.29) is 5.75 Å². The predicted molar refractivity (Wildman–Crippen MR) is 114 cm³/mol. The standard InChI is InChI=1S/C23H23NO3S/c1-27-20-14-12-19(13-15-20)23(17-8-4-2-5-9-17,18-10-6-3-7-11-18)24-21(16-28)22(25)26/h2-15,21,24,28H,16H2,1H3,(H,25,26)/t21-/m0/s1. The molecule has 0 aliphatic carbocycles. The van der Waals surface area contributed by atoms with E-state index in [1.165, 1.54) is 0 Å². The van der Waals surface area contributed by atoms with Crippen molar-refractivity contribution in [1.82, 2.24) is 5.32 Å². The highest BCUT2D eigenvalue weighted by Gasteiger charge is 2.39. The summed E-state index contributed by atoms with van der Waals surface area (Å²) >= 11 is 4.27. The molecule has 0 radical (unpaired) electrons. The van der Waals surface area contributed by atoms with Crippen molar-refractivity contribution in [3.05, 3.63) is 102 Å². The summed E-state index contributed by atoms with van der Waals surface area (Å²) < 4.78 is 5.31. The van der Waals surface area contributed by atoms with E-state index in [9.17, 15) is 9.90 Å². The Kier molecular flexibility index (Phi) is 6.39. The fraction of sp³-hybridized carbons (Fsp3) is 0.174. The summed E-state index contributed by atoms with van der Waals surface area (Å²) in [6.07, 6.45) is 0. The number of methoxy groups -OCH3 is 1. The van der Waals surface area contributed by atoms with Crippen LogP contribution >= 0.6 is 12.6 Å². The second-order valence-corrected chi connectivity index (χ2v) is 6.79. The maximum Gasteiger partial charge on any atom is 0.321 e. The Morgan fingerprint density at radius 3 is 1.79 bits per heavy atom. The van der Waals surface area contributed by atoms with Crippen LogP contribution in [0.25, 0.3) is 0 Å². The molecule has 1 atom stereocenters. The summed E-state index contributed by atoms with van der Waals surface area (Å²) in [5, 5.41) is 13.1. The quantitative estimate of drug-likeness (QED) is 0.401. The topological polar surface area (TPSA) is 58.6 Å². The number of ether oxygens (including phenoxy) is 1. The molecule has 3 aromatic carbocycles. The van der Waals surface area contributed by atoms with Crippen LogP contribution in [0.3, 0.4) is 0 Å². The van der Waals surface area contributed by atoms with Crippen molar-refractivity contribution in [3.8, 4) is 5.75 Å². The van der Waals surface area contributed by atoms with Gasteiger partial charge in [-0.1, -0.05) is 72.8 Å². The Balaban J connectivity index is 2.29. The SMILES string of the molecule is COc1ccc(C(N[C@@H](CS)C(=O)O)(c2ccccc2)c2ccccc2)cc1. The first-order valence-corrected chi connectivity index (χ1v) is 9.62. The van der Waals surface area contributed by atoms with E-state index < -0.39 is 17.6 Å². The lowest BCUT2D eigenvalue weighted by molar-refractivity contribution is -0.139. The maximum absolute atomic E-state index is 11.9. The first-order chi connectivity index (χ1) is 13.6. The van der Waals surface area contributed by atoms with Crippen molar-refractivity contribution >= 4 is 18.6 Å². The summed E-state index contributed by atoms with van der Waals surface area (Å²) in [6, 6.07) is 26.6. The molecule has 0 spiro atoms. The third-order valence-electron chi connectivity index (χ3n) is 4.81. The predicted octanol–water partition coefficient (Wildman–Crippen LogP) is 3.96. The second kappa shape index (κ2) is 8.95. The van der Waals surface area contributed by atoms with Crippen LogP contribution in [0.5, 0.6) is 5.75 Å². The summed E-state index contributed by atoms with van der Waals surface area (Å²) in [6.45, 7) is 0. The number of benzene rings is 3. The van der Waals surface area contributed by atoms with Gasteiger partial charge in [0.15, 0.2) is 0 Å². The molecule has 2 N–H and O–H groups in total. The van der Waals surface area contributed by atoms with Gasteiger partial charge in [0.1, 0.15) is 11.8 Å². The Morgan fingerprint density at radius 1 is 0.929 bits per heavy atom. The number of thiol groups is 1. The molecule has 0 aliphatic rings. The molecule has 144 valence electrons. The Labute approximate surface area is 170 Å². The van der Waals surface area contributed by atoms with Crippen LogP contribution < -0.4 is 10.1 Å². The van der Waals surface area contributed by atoms with E-state index in [0.29, 0.717) is 0 Å². The van der Waals surface area contributed by atoms with E-state index in [1.54, 1.807) is 7.11 Å². The summed E-state index contributed by atoms with van der Waals surface area (Å²) in [5.41, 5.74) is 1.94. The number of aliphatic carboxylic acids is 1. The number of carboxylic acid groups (broad SMARTS) is 1. The number of nitrogens with one attached hydrogen (secondary N) is 1. The van der Waals surface area contributed by atoms with E-state index in [1.807, 2.05) is 84.9 Å². The van der Waals surface area contributed by atoms with Gasteiger partial charge >= 0.3 is 5.97 Å². The molecule has 0 heterocycles. The molecule has 0 saturated carbocycles. The molecule has 0 unspecified atom stereocenters. The van der Waals surface area contributed by atoms with Gasteiger partial charge < -0.3 is 9.84 Å². The largest absolute Gasteiger partial charge is 0.497 e. The fourth-order valence-corrected chi connectivity index (χ4v) is 3.66. The lowest BCUT2D eigenvalue weighted by Gasteiger charge is -2.39. The van der Waals surface area contributed by atoms with E-state index in [0.717, 1.165) is 22.4 Å². The smallest absolute Gasteiger partial charge is 0.321 e. The highest BCUT2D eigenvalue weighted by Crippen LogP contribution is 2.38. The Bertz CT molecular complexity index is 859. The van der Waals surface area contributed by atoms with Crippen LogP contribution in [0.1, 0.15) is 16.7 Å². The minimum Gasteiger partial charge on any atom is -0.497 e. The van der Waals surface area contributed by atoms with Crippen molar-refractivity contribution in [1.29, 1.82) is 0 Å². The lowest BCUT2D eigenvalue weighted by Crippen LogP contribution is -2.53. The molecule has 0 amide bonds. The van der Waals surface area contributed by atoms with Crippen molar-refractivity contribution in [2.75, 3.05) is 12.9 Å². The van der Waals surface area contributed by atoms with Crippen LogP contribution in [0.2, 0.25) is 0 Å². The molecule has 0 aromatic heterocycles. The van der Waals surface area contributed by atoms with Gasteiger partial charge in [0, 0.05) is 5.75 Å². The van der Waals surface area contributed by atoms with Crippen LogP contribution in [-0.4, -0.2) is 30.0 Å². The van der Waals surface area contributed by atoms with Crippen LogP contribution in [0.4, 0.5) is 0 Å². The molecule has 4 nitrogen and oxygen atoms in total. The van der Waals surface area contributed by atoms with Gasteiger partial charge in [0.2, 0.25) is 0 Å². The lowest BCUT2D eigenvalue weighted by atomic mass is 9.76. The van der Waals surface area contributed by atoms with Gasteiger partial charge in [-0.05, 0) is 28.8 Å². The van der Waals surface area contributed by atoms with Crippen LogP contribution in [0.15, 0.2) is 84.9 Å². The third kappa shape index (κ3) is 3.91. The van der Waals surface area contributed by atoms with Crippen LogP contribution in [-0.2, 0) is 10.3 Å². The molecular formula is C23H23NO3S. The van der Waals surface area contributed by atoms with Crippen molar-refractivity contribution < 1.29 is 14.6 Å². The van der Waals surface area contributed by atoms with Gasteiger partial charge in [-0.3, -0.25) is 10.1 Å².